The maximum absolute atomic E-state index is 14.5. The highest BCUT2D eigenvalue weighted by molar-refractivity contribution is 6.07. The second-order valence-corrected chi connectivity index (χ2v) is 16.9. The minimum atomic E-state index is -1.46. The van der Waals surface area contributed by atoms with Crippen LogP contribution in [0.15, 0.2) is 85.0 Å². The first-order valence-corrected chi connectivity index (χ1v) is 22.1. The zero-order chi connectivity index (χ0) is 46.5. The number of benzene rings is 4. The highest BCUT2D eigenvalue weighted by atomic mass is 16.7. The molecule has 2 aliphatic rings. The maximum Gasteiger partial charge on any atom is 0.407 e. The Labute approximate surface area is 382 Å². The Hall–Kier alpha value is -7.22. The van der Waals surface area contributed by atoms with Crippen LogP contribution in [0, 0.1) is 24.2 Å². The van der Waals surface area contributed by atoms with E-state index in [0.29, 0.717) is 24.6 Å². The van der Waals surface area contributed by atoms with Crippen molar-refractivity contribution < 1.29 is 38.1 Å². The predicted molar refractivity (Wildman–Crippen MR) is 251 cm³/mol. The zero-order valence-electron chi connectivity index (χ0n) is 37.7. The second-order valence-electron chi connectivity index (χ2n) is 16.9. The molecule has 1 aliphatic heterocycles. The van der Waals surface area contributed by atoms with Crippen LogP contribution in [0.2, 0.25) is 0 Å². The van der Waals surface area contributed by atoms with Gasteiger partial charge in [0.25, 0.3) is 5.79 Å². The summed E-state index contributed by atoms with van der Waals surface area (Å²) in [7, 11) is 2.53. The van der Waals surface area contributed by atoms with Gasteiger partial charge in [0.2, 0.25) is 11.8 Å². The summed E-state index contributed by atoms with van der Waals surface area (Å²) in [5.41, 5.74) is 5.22. The number of fused-ring (bicyclic) bond motifs is 6. The van der Waals surface area contributed by atoms with Crippen molar-refractivity contribution in [2.24, 2.45) is 11.8 Å². The molecule has 2 aromatic heterocycles. The Morgan fingerprint density at radius 2 is 1.39 bits per heavy atom. The van der Waals surface area contributed by atoms with Crippen LogP contribution < -0.4 is 10.6 Å². The number of H-pyrrole nitrogens is 2. The van der Waals surface area contributed by atoms with Crippen LogP contribution in [0.1, 0.15) is 45.3 Å². The summed E-state index contributed by atoms with van der Waals surface area (Å²) in [5, 5.41) is 9.31. The number of ether oxygens (including phenoxy) is 4. The number of hydrogen-bond acceptors (Lipinski definition) is 10. The van der Waals surface area contributed by atoms with Gasteiger partial charge in [-0.1, -0.05) is 81.5 Å². The van der Waals surface area contributed by atoms with E-state index < -0.39 is 36.0 Å². The average Bonchev–Trinajstić information content (AvgIpc) is 4.10. The lowest BCUT2D eigenvalue weighted by Gasteiger charge is -2.34. The van der Waals surface area contributed by atoms with Crippen LogP contribution in [0.25, 0.3) is 54.7 Å². The summed E-state index contributed by atoms with van der Waals surface area (Å²) < 4.78 is 21.4. The second kappa shape index (κ2) is 19.5. The van der Waals surface area contributed by atoms with E-state index in [4.69, 9.17) is 35.3 Å². The molecule has 16 heteroatoms. The fraction of sp³-hybridized carbons (Fsp3) is 0.360. The van der Waals surface area contributed by atoms with E-state index in [1.165, 1.54) is 19.1 Å². The van der Waals surface area contributed by atoms with Gasteiger partial charge in [0, 0.05) is 23.2 Å². The van der Waals surface area contributed by atoms with Crippen molar-refractivity contribution in [2.75, 3.05) is 40.5 Å². The number of aromatic amines is 2. The number of amides is 4. The molecule has 16 nitrogen and oxygen atoms in total. The molecule has 66 heavy (non-hydrogen) atoms. The van der Waals surface area contributed by atoms with Crippen molar-refractivity contribution >= 4 is 67.6 Å². The summed E-state index contributed by atoms with van der Waals surface area (Å²) in [6, 6.07) is 18.9. The Kier molecular flexibility index (Phi) is 13.4. The van der Waals surface area contributed by atoms with Crippen LogP contribution in [0.4, 0.5) is 9.59 Å². The van der Waals surface area contributed by atoms with E-state index in [9.17, 15) is 19.2 Å². The third kappa shape index (κ3) is 9.44. The van der Waals surface area contributed by atoms with Crippen molar-refractivity contribution in [3.05, 3.63) is 96.6 Å². The highest BCUT2D eigenvalue weighted by Crippen LogP contribution is 2.33. The van der Waals surface area contributed by atoms with E-state index in [-0.39, 0.29) is 50.6 Å². The number of methoxy groups -OCH3 is 2. The van der Waals surface area contributed by atoms with Gasteiger partial charge in [0.1, 0.15) is 23.7 Å². The fourth-order valence-corrected chi connectivity index (χ4v) is 8.73. The summed E-state index contributed by atoms with van der Waals surface area (Å²) in [6.45, 7) is 7.02. The number of imidazole rings is 2. The van der Waals surface area contributed by atoms with Gasteiger partial charge in [0.05, 0.1) is 69.1 Å². The molecule has 0 spiro atoms. The lowest BCUT2D eigenvalue weighted by Crippen LogP contribution is -2.55. The lowest BCUT2D eigenvalue weighted by atomic mass is 9.91. The van der Waals surface area contributed by atoms with Crippen LogP contribution in [0.3, 0.4) is 0 Å². The van der Waals surface area contributed by atoms with Gasteiger partial charge in [0.15, 0.2) is 0 Å². The average molecular weight is 895 g/mol. The number of hydrogen-bond donors (Lipinski definition) is 4. The topological polar surface area (TPSA) is 193 Å². The minimum Gasteiger partial charge on any atom is -0.453 e. The molecule has 8 rings (SSSR count). The number of nitrogens with zero attached hydrogens (tertiary/aromatic N) is 4. The van der Waals surface area contributed by atoms with Crippen LogP contribution in [0.5, 0.6) is 0 Å². The first-order chi connectivity index (χ1) is 31.9. The van der Waals surface area contributed by atoms with Gasteiger partial charge in [-0.15, -0.1) is 6.42 Å². The van der Waals surface area contributed by atoms with Crippen molar-refractivity contribution in [1.82, 2.24) is 40.4 Å². The van der Waals surface area contributed by atoms with E-state index in [1.807, 2.05) is 63.3 Å². The van der Waals surface area contributed by atoms with Gasteiger partial charge in [-0.05, 0) is 70.8 Å². The molecule has 4 amide bonds. The number of rotatable bonds is 15. The van der Waals surface area contributed by atoms with Gasteiger partial charge in [-0.25, -0.2) is 19.6 Å². The molecule has 0 radical (unpaired) electrons. The standard InChI is InChI=1S/C50H54N8O8/c1-7-22-57(46(59)42(30(3)4)55-48(61)63-5)27-40-51-38-20-16-34-25-32(14-18-36(34)44(38)53-40)33-15-19-37-35(26-33)17-21-39-45(37)54-41(52-39)28-58(29-50(8-2)65-23-24-66-50)47(60)43(56-49(62)64-6)31-12-10-9-11-13-31/h2,9-12,14-21,25-26,30-31,42-43H,7,13,22-24,27-29H2,1,3-6H3,(H,51,53)(H,52,54)(H,55,61)(H,56,62)/t31?,42-,43+/m0/s1. The maximum atomic E-state index is 14.5. The number of allylic oxidation sites excluding steroid dienone is 3. The number of alkyl carbamates (subject to hydrolysis) is 2. The summed E-state index contributed by atoms with van der Waals surface area (Å²) in [6.07, 6.45) is 13.4. The molecule has 4 aromatic carbocycles. The molecule has 1 unspecified atom stereocenters. The molecule has 342 valence electrons. The highest BCUT2D eigenvalue weighted by Gasteiger charge is 2.41. The molecule has 3 atom stereocenters. The number of nitrogens with one attached hydrogen (secondary N) is 4. The van der Waals surface area contributed by atoms with Gasteiger partial charge in [-0.3, -0.25) is 9.59 Å². The Bertz CT molecular complexity index is 2900. The van der Waals surface area contributed by atoms with Gasteiger partial charge >= 0.3 is 12.2 Å². The van der Waals surface area contributed by atoms with E-state index >= 15 is 0 Å². The molecule has 0 bridgehead atoms. The Balaban J connectivity index is 1.05. The largest absolute Gasteiger partial charge is 0.453 e. The zero-order valence-corrected chi connectivity index (χ0v) is 37.7. The molecular weight excluding hydrogens is 841 g/mol. The van der Waals surface area contributed by atoms with E-state index in [0.717, 1.165) is 61.2 Å². The van der Waals surface area contributed by atoms with Crippen molar-refractivity contribution in [3.8, 4) is 23.5 Å². The molecule has 4 N–H and O–H groups in total. The first-order valence-electron chi connectivity index (χ1n) is 22.1. The first kappa shape index (κ1) is 45.4. The monoisotopic (exact) mass is 894 g/mol. The number of aromatic nitrogens is 4. The van der Waals surface area contributed by atoms with Crippen LogP contribution in [-0.2, 0) is 41.6 Å². The molecule has 6 aromatic rings. The molecule has 1 fully saturated rings. The number of carbonyl (C=O) groups is 4. The Morgan fingerprint density at radius 3 is 1.91 bits per heavy atom. The summed E-state index contributed by atoms with van der Waals surface area (Å²) in [5.74, 6) is 1.23. The van der Waals surface area contributed by atoms with Crippen LogP contribution >= 0.6 is 0 Å². The molecule has 0 saturated carbocycles. The van der Waals surface area contributed by atoms with Gasteiger partial charge in [-0.2, -0.15) is 0 Å². The number of terminal acetylenes is 1. The third-order valence-electron chi connectivity index (χ3n) is 12.1. The van der Waals surface area contributed by atoms with Gasteiger partial charge < -0.3 is 49.3 Å². The van der Waals surface area contributed by atoms with Crippen LogP contribution in [-0.4, -0.2) is 112 Å². The summed E-state index contributed by atoms with van der Waals surface area (Å²) in [4.78, 5) is 72.8. The molecule has 3 heterocycles. The predicted octanol–water partition coefficient (Wildman–Crippen LogP) is 7.09. The molecule has 1 saturated heterocycles. The quantitative estimate of drug-likeness (QED) is 0.0774. The minimum absolute atomic E-state index is 0.0267. The summed E-state index contributed by atoms with van der Waals surface area (Å²) >= 11 is 0. The number of carbonyl (C=O) groups excluding carboxylic acids is 4. The van der Waals surface area contributed by atoms with E-state index in [1.54, 1.807) is 4.90 Å². The van der Waals surface area contributed by atoms with Crippen molar-refractivity contribution in [1.29, 1.82) is 0 Å². The molecular formula is C50H54N8O8. The van der Waals surface area contributed by atoms with Crippen molar-refractivity contribution in [3.63, 3.8) is 0 Å². The smallest absolute Gasteiger partial charge is 0.407 e. The van der Waals surface area contributed by atoms with Crippen molar-refractivity contribution in [2.45, 2.75) is 64.6 Å². The Morgan fingerprint density at radius 1 is 0.818 bits per heavy atom. The fourth-order valence-electron chi connectivity index (χ4n) is 8.73. The SMILES string of the molecule is C#CC1(CN(Cc2nc3c(ccc4cc(-c5ccc6c(ccc7[nH]c(CN(CCC)C(=O)[C@@H](NC(=O)OC)C(C)C)nc76)c5)ccc43)[nH]2)C(=O)[C@H](NC(=O)OC)C2C=CC=CC2)OCCO1. The molecule has 1 aliphatic carbocycles. The normalized spacial score (nSPS) is 16.3. The van der Waals surface area contributed by atoms with E-state index in [2.05, 4.69) is 69.0 Å². The lowest BCUT2D eigenvalue weighted by molar-refractivity contribution is -0.153. The third-order valence-corrected chi connectivity index (χ3v) is 12.1.